The lowest BCUT2D eigenvalue weighted by Crippen LogP contribution is -2.33. The van der Waals surface area contributed by atoms with Crippen molar-refractivity contribution in [3.8, 4) is 0 Å². The van der Waals surface area contributed by atoms with Gasteiger partial charge in [-0.15, -0.1) is 24.0 Å². The van der Waals surface area contributed by atoms with Gasteiger partial charge < -0.3 is 11.1 Å². The van der Waals surface area contributed by atoms with E-state index in [2.05, 4.69) is 45.6 Å². The maximum absolute atomic E-state index is 5.95. The predicted molar refractivity (Wildman–Crippen MR) is 111 cm³/mol. The molecule has 0 aliphatic heterocycles. The minimum absolute atomic E-state index is 0. The van der Waals surface area contributed by atoms with E-state index in [9.17, 15) is 0 Å². The molecule has 1 aromatic heterocycles. The van der Waals surface area contributed by atoms with Gasteiger partial charge in [-0.3, -0.25) is 4.98 Å². The third-order valence-electron chi connectivity index (χ3n) is 3.71. The van der Waals surface area contributed by atoms with E-state index in [1.807, 2.05) is 30.3 Å². The summed E-state index contributed by atoms with van der Waals surface area (Å²) in [5.74, 6) is 0.467. The molecule has 3 N–H and O–H groups in total. The summed E-state index contributed by atoms with van der Waals surface area (Å²) in [7, 11) is 0. The molecular weight excluding hydrogens is 411 g/mol. The standard InChI is InChI=1S/C19H20N4.HI/c20-19(22-13-11-17-9-3-4-12-21-17)23-14-16-8-5-7-15-6-1-2-10-18(15)16;/h1-10,12H,11,13-14H2,(H3,20,22,23);1H. The monoisotopic (exact) mass is 432 g/mol. The van der Waals surface area contributed by atoms with Crippen LogP contribution in [-0.4, -0.2) is 17.5 Å². The summed E-state index contributed by atoms with van der Waals surface area (Å²) in [6.07, 6.45) is 2.62. The fourth-order valence-electron chi connectivity index (χ4n) is 2.52. The van der Waals surface area contributed by atoms with Gasteiger partial charge in [0.1, 0.15) is 0 Å². The number of halogens is 1. The van der Waals surface area contributed by atoms with Gasteiger partial charge in [0.2, 0.25) is 0 Å². The normalized spacial score (nSPS) is 11.1. The first-order chi connectivity index (χ1) is 11.3. The van der Waals surface area contributed by atoms with Crippen LogP contribution in [0.15, 0.2) is 71.9 Å². The number of hydrogen-bond acceptors (Lipinski definition) is 2. The number of nitrogens with two attached hydrogens (primary N) is 1. The highest BCUT2D eigenvalue weighted by molar-refractivity contribution is 14.0. The molecule has 0 fully saturated rings. The second-order valence-electron chi connectivity index (χ2n) is 5.34. The van der Waals surface area contributed by atoms with E-state index in [4.69, 9.17) is 5.73 Å². The number of aromatic nitrogens is 1. The Hall–Kier alpha value is -2.15. The smallest absolute Gasteiger partial charge is 0.188 e. The number of pyridine rings is 1. The Bertz CT molecular complexity index is 797. The molecule has 0 radical (unpaired) electrons. The fourth-order valence-corrected chi connectivity index (χ4v) is 2.52. The Morgan fingerprint density at radius 1 is 1.00 bits per heavy atom. The number of nitrogens with zero attached hydrogens (tertiary/aromatic N) is 2. The Morgan fingerprint density at radius 2 is 1.79 bits per heavy atom. The molecule has 0 aliphatic carbocycles. The number of benzene rings is 2. The van der Waals surface area contributed by atoms with Gasteiger partial charge in [0.15, 0.2) is 5.96 Å². The van der Waals surface area contributed by atoms with E-state index in [0.717, 1.165) is 18.7 Å². The van der Waals surface area contributed by atoms with Crippen LogP contribution < -0.4 is 11.1 Å². The van der Waals surface area contributed by atoms with Crippen molar-refractivity contribution < 1.29 is 0 Å². The van der Waals surface area contributed by atoms with E-state index in [-0.39, 0.29) is 24.0 Å². The van der Waals surface area contributed by atoms with Crippen molar-refractivity contribution in [2.24, 2.45) is 10.7 Å². The summed E-state index contributed by atoms with van der Waals surface area (Å²) >= 11 is 0. The van der Waals surface area contributed by atoms with Gasteiger partial charge in [0, 0.05) is 24.9 Å². The van der Waals surface area contributed by atoms with Crippen molar-refractivity contribution in [2.45, 2.75) is 13.0 Å². The van der Waals surface area contributed by atoms with Crippen LogP contribution in [0.5, 0.6) is 0 Å². The largest absolute Gasteiger partial charge is 0.370 e. The highest BCUT2D eigenvalue weighted by Gasteiger charge is 2.00. The number of aliphatic imine (C=N–C) groups is 1. The predicted octanol–water partition coefficient (Wildman–Crippen LogP) is 3.50. The van der Waals surface area contributed by atoms with E-state index in [1.165, 1.54) is 16.3 Å². The number of nitrogens with one attached hydrogen (secondary N) is 1. The molecule has 3 rings (SSSR count). The van der Waals surface area contributed by atoms with E-state index >= 15 is 0 Å². The van der Waals surface area contributed by atoms with Crippen LogP contribution in [0.1, 0.15) is 11.3 Å². The number of hydrogen-bond donors (Lipinski definition) is 2. The van der Waals surface area contributed by atoms with Crippen LogP contribution in [0, 0.1) is 0 Å². The van der Waals surface area contributed by atoms with Crippen LogP contribution in [0.3, 0.4) is 0 Å². The highest BCUT2D eigenvalue weighted by Crippen LogP contribution is 2.18. The molecule has 0 spiro atoms. The van der Waals surface area contributed by atoms with Gasteiger partial charge in [0.05, 0.1) is 6.54 Å². The average molecular weight is 432 g/mol. The second kappa shape index (κ2) is 9.22. The number of fused-ring (bicyclic) bond motifs is 1. The molecule has 0 amide bonds. The van der Waals surface area contributed by atoms with E-state index in [1.54, 1.807) is 6.20 Å². The van der Waals surface area contributed by atoms with Crippen molar-refractivity contribution in [2.75, 3.05) is 6.54 Å². The summed E-state index contributed by atoms with van der Waals surface area (Å²) in [5.41, 5.74) is 8.17. The molecule has 124 valence electrons. The third kappa shape index (κ3) is 4.92. The van der Waals surface area contributed by atoms with Gasteiger partial charge in [0.25, 0.3) is 0 Å². The summed E-state index contributed by atoms with van der Waals surface area (Å²) in [4.78, 5) is 8.72. The van der Waals surface area contributed by atoms with Crippen LogP contribution in [0.25, 0.3) is 10.8 Å². The van der Waals surface area contributed by atoms with Gasteiger partial charge in [-0.1, -0.05) is 48.5 Å². The molecule has 2 aromatic carbocycles. The molecule has 5 heteroatoms. The van der Waals surface area contributed by atoms with Crippen molar-refractivity contribution in [3.05, 3.63) is 78.1 Å². The lowest BCUT2D eigenvalue weighted by Gasteiger charge is -2.07. The summed E-state index contributed by atoms with van der Waals surface area (Å²) in [6, 6.07) is 20.5. The Labute approximate surface area is 159 Å². The number of rotatable bonds is 5. The zero-order valence-corrected chi connectivity index (χ0v) is 15.7. The first kappa shape index (κ1) is 18.2. The zero-order chi connectivity index (χ0) is 15.9. The highest BCUT2D eigenvalue weighted by atomic mass is 127. The molecular formula is C19H21IN4. The first-order valence-corrected chi connectivity index (χ1v) is 7.73. The van der Waals surface area contributed by atoms with E-state index < -0.39 is 0 Å². The van der Waals surface area contributed by atoms with E-state index in [0.29, 0.717) is 12.5 Å². The lowest BCUT2D eigenvalue weighted by atomic mass is 10.1. The molecule has 4 nitrogen and oxygen atoms in total. The minimum atomic E-state index is 0. The average Bonchev–Trinajstić information content (AvgIpc) is 2.61. The number of guanidine groups is 1. The Morgan fingerprint density at radius 3 is 2.62 bits per heavy atom. The van der Waals surface area contributed by atoms with Crippen LogP contribution in [0.2, 0.25) is 0 Å². The molecule has 0 bridgehead atoms. The third-order valence-corrected chi connectivity index (χ3v) is 3.71. The molecule has 0 saturated carbocycles. The maximum Gasteiger partial charge on any atom is 0.188 e. The van der Waals surface area contributed by atoms with Crippen molar-refractivity contribution in [1.29, 1.82) is 0 Å². The van der Waals surface area contributed by atoms with Gasteiger partial charge in [-0.2, -0.15) is 0 Å². The molecule has 0 aliphatic rings. The summed E-state index contributed by atoms with van der Waals surface area (Å²) in [6.45, 7) is 1.30. The van der Waals surface area contributed by atoms with Crippen LogP contribution in [0.4, 0.5) is 0 Å². The molecule has 0 atom stereocenters. The lowest BCUT2D eigenvalue weighted by molar-refractivity contribution is 0.828. The maximum atomic E-state index is 5.95. The van der Waals surface area contributed by atoms with Gasteiger partial charge >= 0.3 is 0 Å². The molecule has 3 aromatic rings. The summed E-state index contributed by atoms with van der Waals surface area (Å²) in [5, 5.41) is 5.58. The van der Waals surface area contributed by atoms with Crippen LogP contribution >= 0.6 is 24.0 Å². The SMILES string of the molecule is I.NC(=NCc1cccc2ccccc12)NCCc1ccccn1. The first-order valence-electron chi connectivity index (χ1n) is 7.73. The quantitative estimate of drug-likeness (QED) is 0.369. The molecule has 24 heavy (non-hydrogen) atoms. The van der Waals surface area contributed by atoms with Crippen LogP contribution in [-0.2, 0) is 13.0 Å². The fraction of sp³-hybridized carbons (Fsp3) is 0.158. The van der Waals surface area contributed by atoms with Crippen molar-refractivity contribution >= 4 is 40.7 Å². The zero-order valence-electron chi connectivity index (χ0n) is 13.4. The topological polar surface area (TPSA) is 63.3 Å². The summed E-state index contributed by atoms with van der Waals surface area (Å²) < 4.78 is 0. The molecule has 0 saturated heterocycles. The molecule has 1 heterocycles. The minimum Gasteiger partial charge on any atom is -0.370 e. The van der Waals surface area contributed by atoms with Gasteiger partial charge in [-0.25, -0.2) is 4.99 Å². The second-order valence-corrected chi connectivity index (χ2v) is 5.34. The van der Waals surface area contributed by atoms with Crippen molar-refractivity contribution in [1.82, 2.24) is 10.3 Å². The Kier molecular flexibility index (Phi) is 6.99. The van der Waals surface area contributed by atoms with Crippen molar-refractivity contribution in [3.63, 3.8) is 0 Å². The van der Waals surface area contributed by atoms with Gasteiger partial charge in [-0.05, 0) is 28.5 Å². The Balaban J connectivity index is 0.00000208. The molecule has 0 unspecified atom stereocenters.